The minimum Gasteiger partial charge on any atom is -0.451 e. The molecule has 0 N–H and O–H groups in total. The first-order chi connectivity index (χ1) is 11.5. The predicted octanol–water partition coefficient (Wildman–Crippen LogP) is 3.49. The van der Waals surface area contributed by atoms with Crippen LogP contribution in [0.15, 0.2) is 35.0 Å². The Hall–Kier alpha value is -2.56. The highest BCUT2D eigenvalue weighted by Crippen LogP contribution is 2.26. The second-order valence-electron chi connectivity index (χ2n) is 6.34. The molecular formula is C19H23N3O2. The summed E-state index contributed by atoms with van der Waals surface area (Å²) in [6.45, 7) is 4.62. The van der Waals surface area contributed by atoms with Crippen molar-refractivity contribution >= 4 is 16.9 Å². The molecule has 0 atom stereocenters. The first-order valence-corrected chi connectivity index (χ1v) is 8.19. The lowest BCUT2D eigenvalue weighted by molar-refractivity contribution is 0.0763. The normalized spacial score (nSPS) is 11.2. The second kappa shape index (κ2) is 6.51. The van der Waals surface area contributed by atoms with Crippen molar-refractivity contribution in [3.05, 3.63) is 53.3 Å². The summed E-state index contributed by atoms with van der Waals surface area (Å²) < 4.78 is 7.83. The van der Waals surface area contributed by atoms with Crippen molar-refractivity contribution in [1.82, 2.24) is 14.5 Å². The van der Waals surface area contributed by atoms with Crippen LogP contribution in [0.5, 0.6) is 0 Å². The average Bonchev–Trinajstić information content (AvgIpc) is 3.10. The lowest BCUT2D eigenvalue weighted by atomic mass is 10.1. The van der Waals surface area contributed by atoms with Crippen LogP contribution in [0.2, 0.25) is 0 Å². The van der Waals surface area contributed by atoms with E-state index in [1.165, 1.54) is 0 Å². The van der Waals surface area contributed by atoms with Crippen molar-refractivity contribution in [1.29, 1.82) is 0 Å². The highest BCUT2D eigenvalue weighted by Gasteiger charge is 2.20. The van der Waals surface area contributed by atoms with E-state index in [2.05, 4.69) is 4.98 Å². The van der Waals surface area contributed by atoms with Gasteiger partial charge in [0.15, 0.2) is 5.76 Å². The summed E-state index contributed by atoms with van der Waals surface area (Å²) in [7, 11) is 3.80. The Morgan fingerprint density at radius 3 is 2.83 bits per heavy atom. The van der Waals surface area contributed by atoms with E-state index in [0.717, 1.165) is 40.8 Å². The van der Waals surface area contributed by atoms with Crippen LogP contribution < -0.4 is 0 Å². The molecule has 0 saturated carbocycles. The van der Waals surface area contributed by atoms with Gasteiger partial charge >= 0.3 is 0 Å². The number of aryl methyl sites for hydroxylation is 4. The van der Waals surface area contributed by atoms with E-state index in [4.69, 9.17) is 4.42 Å². The molecule has 1 aromatic carbocycles. The van der Waals surface area contributed by atoms with Gasteiger partial charge in [-0.2, -0.15) is 0 Å². The zero-order valence-corrected chi connectivity index (χ0v) is 14.7. The molecule has 24 heavy (non-hydrogen) atoms. The Balaban J connectivity index is 1.69. The first-order valence-electron chi connectivity index (χ1n) is 8.19. The van der Waals surface area contributed by atoms with Gasteiger partial charge < -0.3 is 13.9 Å². The van der Waals surface area contributed by atoms with E-state index < -0.39 is 0 Å². The van der Waals surface area contributed by atoms with Gasteiger partial charge in [0, 0.05) is 50.4 Å². The van der Waals surface area contributed by atoms with E-state index in [0.29, 0.717) is 12.3 Å². The number of amides is 1. The number of fused-ring (bicyclic) bond motifs is 1. The van der Waals surface area contributed by atoms with Crippen LogP contribution in [0.3, 0.4) is 0 Å². The van der Waals surface area contributed by atoms with Gasteiger partial charge in [-0.15, -0.1) is 0 Å². The van der Waals surface area contributed by atoms with Crippen molar-refractivity contribution in [2.24, 2.45) is 7.05 Å². The summed E-state index contributed by atoms with van der Waals surface area (Å²) in [6.07, 6.45) is 5.44. The lowest BCUT2D eigenvalue weighted by Crippen LogP contribution is -2.28. The van der Waals surface area contributed by atoms with Crippen molar-refractivity contribution in [2.45, 2.75) is 26.7 Å². The molecule has 2 aromatic heterocycles. The molecule has 5 heteroatoms. The standard InChI is InChI=1S/C19H23N3O2/c1-13-7-8-15-14(2)18(24-16(15)12-13)19(23)22(4)10-5-6-17-20-9-11-21(17)3/h7-9,11-12H,5-6,10H2,1-4H3. The van der Waals surface area contributed by atoms with Gasteiger partial charge in [-0.25, -0.2) is 4.98 Å². The van der Waals surface area contributed by atoms with E-state index in [1.807, 2.05) is 56.9 Å². The topological polar surface area (TPSA) is 51.3 Å². The summed E-state index contributed by atoms with van der Waals surface area (Å²) in [6, 6.07) is 6.03. The third-order valence-electron chi connectivity index (χ3n) is 4.45. The molecule has 0 radical (unpaired) electrons. The van der Waals surface area contributed by atoms with Gasteiger partial charge in [-0.3, -0.25) is 4.79 Å². The molecule has 0 aliphatic rings. The molecule has 0 aliphatic carbocycles. The van der Waals surface area contributed by atoms with Gasteiger partial charge in [0.2, 0.25) is 0 Å². The monoisotopic (exact) mass is 325 g/mol. The molecule has 0 saturated heterocycles. The van der Waals surface area contributed by atoms with Gasteiger partial charge in [-0.05, 0) is 31.9 Å². The van der Waals surface area contributed by atoms with E-state index >= 15 is 0 Å². The maximum Gasteiger partial charge on any atom is 0.289 e. The molecule has 126 valence electrons. The summed E-state index contributed by atoms with van der Waals surface area (Å²) in [4.78, 5) is 18.7. The molecule has 1 amide bonds. The molecule has 2 heterocycles. The van der Waals surface area contributed by atoms with Gasteiger partial charge in [0.1, 0.15) is 11.4 Å². The summed E-state index contributed by atoms with van der Waals surface area (Å²) >= 11 is 0. The fourth-order valence-electron chi connectivity index (χ4n) is 2.92. The number of aromatic nitrogens is 2. The van der Waals surface area contributed by atoms with Crippen LogP contribution in [-0.4, -0.2) is 34.0 Å². The SMILES string of the molecule is Cc1ccc2c(C)c(C(=O)N(C)CCCc3nccn3C)oc2c1. The Kier molecular flexibility index (Phi) is 4.42. The average molecular weight is 325 g/mol. The third-order valence-corrected chi connectivity index (χ3v) is 4.45. The number of carbonyl (C=O) groups is 1. The zero-order valence-electron chi connectivity index (χ0n) is 14.7. The van der Waals surface area contributed by atoms with E-state index in [-0.39, 0.29) is 5.91 Å². The van der Waals surface area contributed by atoms with Crippen LogP contribution >= 0.6 is 0 Å². The van der Waals surface area contributed by atoms with Crippen molar-refractivity contribution in [2.75, 3.05) is 13.6 Å². The van der Waals surface area contributed by atoms with Crippen LogP contribution in [0.1, 0.15) is 33.9 Å². The van der Waals surface area contributed by atoms with E-state index in [9.17, 15) is 4.79 Å². The number of benzene rings is 1. The fraction of sp³-hybridized carbons (Fsp3) is 0.368. The van der Waals surface area contributed by atoms with E-state index in [1.54, 1.807) is 11.1 Å². The summed E-state index contributed by atoms with van der Waals surface area (Å²) in [5.41, 5.74) is 2.81. The second-order valence-corrected chi connectivity index (χ2v) is 6.34. The lowest BCUT2D eigenvalue weighted by Gasteiger charge is -2.16. The molecule has 0 spiro atoms. The number of nitrogens with zero attached hydrogens (tertiary/aromatic N) is 3. The first kappa shape index (κ1) is 16.3. The highest BCUT2D eigenvalue weighted by atomic mass is 16.3. The number of carbonyl (C=O) groups excluding carboxylic acids is 1. The highest BCUT2D eigenvalue weighted by molar-refractivity contribution is 5.98. The zero-order chi connectivity index (χ0) is 17.3. The Morgan fingerprint density at radius 2 is 2.12 bits per heavy atom. The third kappa shape index (κ3) is 3.07. The molecular weight excluding hydrogens is 302 g/mol. The fourth-order valence-corrected chi connectivity index (χ4v) is 2.92. The Morgan fingerprint density at radius 1 is 1.33 bits per heavy atom. The van der Waals surface area contributed by atoms with Crippen molar-refractivity contribution in [3.63, 3.8) is 0 Å². The number of hydrogen-bond acceptors (Lipinski definition) is 3. The van der Waals surface area contributed by atoms with Crippen molar-refractivity contribution < 1.29 is 9.21 Å². The molecule has 0 unspecified atom stereocenters. The van der Waals surface area contributed by atoms with Crippen LogP contribution in [0.25, 0.3) is 11.0 Å². The summed E-state index contributed by atoms with van der Waals surface area (Å²) in [5, 5.41) is 1.00. The molecule has 5 nitrogen and oxygen atoms in total. The largest absolute Gasteiger partial charge is 0.451 e. The molecule has 0 fully saturated rings. The van der Waals surface area contributed by atoms with Crippen molar-refractivity contribution in [3.8, 4) is 0 Å². The molecule has 3 rings (SSSR count). The minimum atomic E-state index is -0.0683. The van der Waals surface area contributed by atoms with Gasteiger partial charge in [0.25, 0.3) is 5.91 Å². The van der Waals surface area contributed by atoms with Gasteiger partial charge in [0.05, 0.1) is 0 Å². The number of imidazole rings is 1. The Bertz CT molecular complexity index is 876. The quantitative estimate of drug-likeness (QED) is 0.721. The van der Waals surface area contributed by atoms with Crippen LogP contribution in [0, 0.1) is 13.8 Å². The minimum absolute atomic E-state index is 0.0683. The maximum absolute atomic E-state index is 12.7. The maximum atomic E-state index is 12.7. The van der Waals surface area contributed by atoms with Gasteiger partial charge in [-0.1, -0.05) is 12.1 Å². The smallest absolute Gasteiger partial charge is 0.289 e. The number of rotatable bonds is 5. The molecule has 0 aliphatic heterocycles. The van der Waals surface area contributed by atoms with Crippen LogP contribution in [-0.2, 0) is 13.5 Å². The summed E-state index contributed by atoms with van der Waals surface area (Å²) in [5.74, 6) is 1.41. The molecule has 3 aromatic rings. The number of hydrogen-bond donors (Lipinski definition) is 0. The Labute approximate surface area is 141 Å². The number of furan rings is 1. The van der Waals surface area contributed by atoms with Crippen LogP contribution in [0.4, 0.5) is 0 Å². The molecule has 0 bridgehead atoms. The predicted molar refractivity (Wildman–Crippen MR) is 94.2 cm³/mol.